The van der Waals surface area contributed by atoms with Crippen molar-refractivity contribution in [1.82, 2.24) is 14.5 Å². The van der Waals surface area contributed by atoms with E-state index in [9.17, 15) is 0 Å². The first kappa shape index (κ1) is 16.9. The Morgan fingerprint density at radius 3 is 2.90 bits per heavy atom. The number of aromatic nitrogens is 2. The van der Waals surface area contributed by atoms with Crippen LogP contribution in [-0.2, 0) is 16.0 Å². The van der Waals surface area contributed by atoms with Gasteiger partial charge in [0.05, 0.1) is 6.10 Å². The number of hydrogen-bond acceptors (Lipinski definition) is 5. The summed E-state index contributed by atoms with van der Waals surface area (Å²) in [6, 6.07) is 0. The maximum Gasteiger partial charge on any atom is 0.202 e. The highest BCUT2D eigenvalue weighted by atomic mass is 16.5. The topological polar surface area (TPSA) is 51.6 Å². The van der Waals surface area contributed by atoms with E-state index in [2.05, 4.69) is 33.7 Å². The van der Waals surface area contributed by atoms with Crippen LogP contribution >= 0.6 is 0 Å². The van der Waals surface area contributed by atoms with Crippen LogP contribution in [0, 0.1) is 0 Å². The number of rotatable bonds is 11. The number of nitrogens with zero attached hydrogens (tertiary/aromatic N) is 3. The predicted octanol–water partition coefficient (Wildman–Crippen LogP) is 1.30. The molecule has 1 atom stereocenters. The lowest BCUT2D eigenvalue weighted by Gasteiger charge is -2.22. The molecule has 0 spiro atoms. The van der Waals surface area contributed by atoms with Crippen LogP contribution in [0.1, 0.15) is 13.3 Å². The fourth-order valence-electron chi connectivity index (χ4n) is 1.94. The molecule has 20 heavy (non-hydrogen) atoms. The van der Waals surface area contributed by atoms with Gasteiger partial charge in [-0.1, -0.05) is 6.92 Å². The van der Waals surface area contributed by atoms with Crippen molar-refractivity contribution in [2.45, 2.75) is 26.0 Å². The lowest BCUT2D eigenvalue weighted by Crippen LogP contribution is -2.35. The molecule has 1 N–H and O–H groups in total. The van der Waals surface area contributed by atoms with Crippen LogP contribution in [0.3, 0.4) is 0 Å². The standard InChI is InChI=1S/C14H28N4O2/c1-5-17(2)12-13(20-4)11-16-14-15-7-9-18(14)8-6-10-19-3/h7,9,13H,5-6,8,10-12H2,1-4H3,(H,15,16). The maximum absolute atomic E-state index is 5.50. The molecule has 1 heterocycles. The molecule has 0 aliphatic rings. The Hall–Kier alpha value is -1.11. The van der Waals surface area contributed by atoms with Gasteiger partial charge in [0.15, 0.2) is 0 Å². The molecule has 0 aromatic carbocycles. The third-order valence-corrected chi connectivity index (χ3v) is 3.34. The molecular weight excluding hydrogens is 256 g/mol. The van der Waals surface area contributed by atoms with Crippen LogP contribution in [0.25, 0.3) is 0 Å². The van der Waals surface area contributed by atoms with Gasteiger partial charge in [-0.05, 0) is 20.0 Å². The van der Waals surface area contributed by atoms with Gasteiger partial charge in [0.1, 0.15) is 0 Å². The van der Waals surface area contributed by atoms with E-state index in [0.717, 1.165) is 45.2 Å². The van der Waals surface area contributed by atoms with Crippen molar-refractivity contribution < 1.29 is 9.47 Å². The first-order valence-corrected chi connectivity index (χ1v) is 7.16. The monoisotopic (exact) mass is 284 g/mol. The molecule has 1 rings (SSSR count). The fourth-order valence-corrected chi connectivity index (χ4v) is 1.94. The van der Waals surface area contributed by atoms with Crippen LogP contribution in [0.2, 0.25) is 0 Å². The van der Waals surface area contributed by atoms with Crippen LogP contribution in [0.15, 0.2) is 12.4 Å². The molecule has 0 radical (unpaired) electrons. The fraction of sp³-hybridized carbons (Fsp3) is 0.786. The second-order valence-electron chi connectivity index (χ2n) is 4.88. The van der Waals surface area contributed by atoms with Gasteiger partial charge >= 0.3 is 0 Å². The zero-order chi connectivity index (χ0) is 14.8. The van der Waals surface area contributed by atoms with Crippen LogP contribution in [0.5, 0.6) is 0 Å². The molecule has 116 valence electrons. The minimum atomic E-state index is 0.157. The van der Waals surface area contributed by atoms with Gasteiger partial charge in [-0.2, -0.15) is 0 Å². The Balaban J connectivity index is 2.41. The van der Waals surface area contributed by atoms with Gasteiger partial charge < -0.3 is 24.3 Å². The van der Waals surface area contributed by atoms with Gasteiger partial charge in [-0.3, -0.25) is 0 Å². The van der Waals surface area contributed by atoms with Crippen LogP contribution in [-0.4, -0.2) is 68.1 Å². The Morgan fingerprint density at radius 1 is 1.45 bits per heavy atom. The number of likely N-dealkylation sites (N-methyl/N-ethyl adjacent to an activating group) is 1. The summed E-state index contributed by atoms with van der Waals surface area (Å²) < 4.78 is 12.7. The number of methoxy groups -OCH3 is 2. The third-order valence-electron chi connectivity index (χ3n) is 3.34. The van der Waals surface area contributed by atoms with Crippen LogP contribution in [0.4, 0.5) is 5.95 Å². The summed E-state index contributed by atoms with van der Waals surface area (Å²) in [4.78, 5) is 6.58. The molecule has 6 nitrogen and oxygen atoms in total. The van der Waals surface area contributed by atoms with Crippen molar-refractivity contribution in [3.05, 3.63) is 12.4 Å². The van der Waals surface area contributed by atoms with Crippen molar-refractivity contribution in [2.24, 2.45) is 0 Å². The molecule has 1 unspecified atom stereocenters. The number of imidazole rings is 1. The molecule has 0 aliphatic heterocycles. The van der Waals surface area contributed by atoms with Gasteiger partial charge in [0.25, 0.3) is 0 Å². The molecule has 0 saturated carbocycles. The quantitative estimate of drug-likeness (QED) is 0.621. The zero-order valence-electron chi connectivity index (χ0n) is 13.1. The Morgan fingerprint density at radius 2 is 2.25 bits per heavy atom. The number of nitrogens with one attached hydrogen (secondary N) is 1. The van der Waals surface area contributed by atoms with Crippen molar-refractivity contribution >= 4 is 5.95 Å². The van der Waals surface area contributed by atoms with E-state index in [4.69, 9.17) is 9.47 Å². The Bertz CT molecular complexity index is 357. The molecule has 0 saturated heterocycles. The van der Waals surface area contributed by atoms with Crippen molar-refractivity contribution in [3.63, 3.8) is 0 Å². The molecule has 1 aromatic heterocycles. The highest BCUT2D eigenvalue weighted by molar-refractivity contribution is 5.25. The summed E-state index contributed by atoms with van der Waals surface area (Å²) in [7, 11) is 5.57. The summed E-state index contributed by atoms with van der Waals surface area (Å²) in [5.74, 6) is 0.891. The van der Waals surface area contributed by atoms with Gasteiger partial charge in [-0.15, -0.1) is 0 Å². The molecule has 0 amide bonds. The lowest BCUT2D eigenvalue weighted by molar-refractivity contribution is 0.0826. The van der Waals surface area contributed by atoms with Gasteiger partial charge in [-0.25, -0.2) is 4.98 Å². The summed E-state index contributed by atoms with van der Waals surface area (Å²) in [6.45, 7) is 6.49. The highest BCUT2D eigenvalue weighted by Gasteiger charge is 2.11. The van der Waals surface area contributed by atoms with Crippen molar-refractivity contribution in [3.8, 4) is 0 Å². The Kier molecular flexibility index (Phi) is 8.25. The van der Waals surface area contributed by atoms with E-state index in [0.29, 0.717) is 0 Å². The molecule has 0 bridgehead atoms. The SMILES string of the molecule is CCN(C)CC(CNc1nccn1CCCOC)OC. The molecular formula is C14H28N4O2. The number of anilines is 1. The number of aryl methyl sites for hydroxylation is 1. The minimum Gasteiger partial charge on any atom is -0.385 e. The average Bonchev–Trinajstić information content (AvgIpc) is 2.91. The van der Waals surface area contributed by atoms with Crippen molar-refractivity contribution in [2.75, 3.05) is 52.8 Å². The minimum absolute atomic E-state index is 0.157. The van der Waals surface area contributed by atoms with E-state index in [-0.39, 0.29) is 6.10 Å². The first-order valence-electron chi connectivity index (χ1n) is 7.16. The molecule has 0 aliphatic carbocycles. The van der Waals surface area contributed by atoms with E-state index in [1.807, 2.05) is 12.4 Å². The highest BCUT2D eigenvalue weighted by Crippen LogP contribution is 2.06. The number of hydrogen-bond donors (Lipinski definition) is 1. The Labute approximate surface area is 122 Å². The number of ether oxygens (including phenoxy) is 2. The predicted molar refractivity (Wildman–Crippen MR) is 81.2 cm³/mol. The summed E-state index contributed by atoms with van der Waals surface area (Å²) in [5, 5.41) is 3.36. The molecule has 0 fully saturated rings. The van der Waals surface area contributed by atoms with Crippen LogP contribution < -0.4 is 5.32 Å². The van der Waals surface area contributed by atoms with Gasteiger partial charge in [0, 0.05) is 52.9 Å². The zero-order valence-corrected chi connectivity index (χ0v) is 13.1. The summed E-state index contributed by atoms with van der Waals surface area (Å²) in [6.07, 6.45) is 4.94. The average molecular weight is 284 g/mol. The smallest absolute Gasteiger partial charge is 0.202 e. The van der Waals surface area contributed by atoms with E-state index in [1.54, 1.807) is 14.2 Å². The second kappa shape index (κ2) is 9.74. The summed E-state index contributed by atoms with van der Waals surface area (Å²) in [5.41, 5.74) is 0. The maximum atomic E-state index is 5.50. The van der Waals surface area contributed by atoms with E-state index >= 15 is 0 Å². The van der Waals surface area contributed by atoms with Gasteiger partial charge in [0.2, 0.25) is 5.95 Å². The first-order chi connectivity index (χ1) is 9.71. The summed E-state index contributed by atoms with van der Waals surface area (Å²) >= 11 is 0. The third kappa shape index (κ3) is 5.90. The lowest BCUT2D eigenvalue weighted by atomic mass is 10.3. The second-order valence-corrected chi connectivity index (χ2v) is 4.88. The largest absolute Gasteiger partial charge is 0.385 e. The van der Waals surface area contributed by atoms with E-state index in [1.165, 1.54) is 0 Å². The van der Waals surface area contributed by atoms with E-state index < -0.39 is 0 Å². The van der Waals surface area contributed by atoms with Crippen molar-refractivity contribution in [1.29, 1.82) is 0 Å². The normalized spacial score (nSPS) is 12.8. The molecule has 1 aromatic rings. The molecule has 6 heteroatoms.